The fraction of sp³-hybridized carbons (Fsp3) is 0.533. The van der Waals surface area contributed by atoms with E-state index < -0.39 is 0 Å². The fourth-order valence-corrected chi connectivity index (χ4v) is 2.98. The Kier molecular flexibility index (Phi) is 3.49. The standard InChI is InChI=1S/C15H20N2O/c1-2-6-12(7-3-1)13-8-4-5-9-14(13)17-15-16-10-11-18-15/h1-3,6-7,13-14H,4-5,8-11H2,(H,16,17)/t13-,14+/m0/s1. The van der Waals surface area contributed by atoms with Gasteiger partial charge in [-0.25, -0.2) is 4.99 Å². The largest absolute Gasteiger partial charge is 0.463 e. The molecule has 0 spiro atoms. The molecule has 3 rings (SSSR count). The van der Waals surface area contributed by atoms with Gasteiger partial charge in [-0.05, 0) is 18.4 Å². The van der Waals surface area contributed by atoms with E-state index in [1.807, 2.05) is 0 Å². The van der Waals surface area contributed by atoms with Gasteiger partial charge >= 0.3 is 0 Å². The van der Waals surface area contributed by atoms with Crippen LogP contribution in [0, 0.1) is 0 Å². The minimum atomic E-state index is 0.470. The van der Waals surface area contributed by atoms with E-state index in [1.165, 1.54) is 31.2 Å². The number of rotatable bonds is 2. The number of hydrogen-bond acceptors (Lipinski definition) is 3. The molecule has 1 fully saturated rings. The average Bonchev–Trinajstić information content (AvgIpc) is 2.93. The van der Waals surface area contributed by atoms with Crippen molar-refractivity contribution in [2.45, 2.75) is 37.6 Å². The van der Waals surface area contributed by atoms with Gasteiger partial charge in [0, 0.05) is 12.0 Å². The summed E-state index contributed by atoms with van der Waals surface area (Å²) >= 11 is 0. The van der Waals surface area contributed by atoms with Crippen LogP contribution in [-0.4, -0.2) is 25.2 Å². The topological polar surface area (TPSA) is 33.6 Å². The number of amidine groups is 1. The first-order valence-electron chi connectivity index (χ1n) is 6.92. The summed E-state index contributed by atoms with van der Waals surface area (Å²) in [7, 11) is 0. The lowest BCUT2D eigenvalue weighted by molar-refractivity contribution is 0.298. The summed E-state index contributed by atoms with van der Waals surface area (Å²) in [5.41, 5.74) is 1.44. The summed E-state index contributed by atoms with van der Waals surface area (Å²) in [5.74, 6) is 0.590. The summed E-state index contributed by atoms with van der Waals surface area (Å²) < 4.78 is 5.48. The Labute approximate surface area is 108 Å². The summed E-state index contributed by atoms with van der Waals surface area (Å²) in [6.45, 7) is 1.52. The third-order valence-electron chi connectivity index (χ3n) is 3.89. The molecule has 18 heavy (non-hydrogen) atoms. The van der Waals surface area contributed by atoms with Gasteiger partial charge in [0.2, 0.25) is 0 Å². The van der Waals surface area contributed by atoms with E-state index in [0.717, 1.165) is 19.2 Å². The van der Waals surface area contributed by atoms with E-state index in [2.05, 4.69) is 40.6 Å². The average molecular weight is 244 g/mol. The van der Waals surface area contributed by atoms with Gasteiger partial charge in [0.25, 0.3) is 6.02 Å². The van der Waals surface area contributed by atoms with Crippen LogP contribution in [0.25, 0.3) is 0 Å². The summed E-state index contributed by atoms with van der Waals surface area (Å²) in [6.07, 6.45) is 5.09. The monoisotopic (exact) mass is 244 g/mol. The first kappa shape index (κ1) is 11.6. The maximum Gasteiger partial charge on any atom is 0.285 e. The van der Waals surface area contributed by atoms with Crippen LogP contribution in [0.5, 0.6) is 0 Å². The SMILES string of the molecule is c1ccc([C@@H]2CCCC[C@H]2NC2=NCCO2)cc1. The van der Waals surface area contributed by atoms with Crippen LogP contribution in [0.4, 0.5) is 0 Å². The molecule has 0 aromatic heterocycles. The maximum absolute atomic E-state index is 5.48. The molecule has 1 N–H and O–H groups in total. The molecule has 0 radical (unpaired) electrons. The van der Waals surface area contributed by atoms with Crippen molar-refractivity contribution in [1.82, 2.24) is 5.32 Å². The van der Waals surface area contributed by atoms with Crippen LogP contribution >= 0.6 is 0 Å². The van der Waals surface area contributed by atoms with Crippen LogP contribution in [-0.2, 0) is 4.74 Å². The second-order valence-electron chi connectivity index (χ2n) is 5.09. The molecule has 0 bridgehead atoms. The van der Waals surface area contributed by atoms with Crippen LogP contribution < -0.4 is 5.32 Å². The molecule has 96 valence electrons. The van der Waals surface area contributed by atoms with Gasteiger partial charge in [0.15, 0.2) is 0 Å². The Morgan fingerprint density at radius 2 is 1.94 bits per heavy atom. The Hall–Kier alpha value is -1.51. The highest BCUT2D eigenvalue weighted by atomic mass is 16.5. The predicted molar refractivity (Wildman–Crippen MR) is 72.8 cm³/mol. The van der Waals surface area contributed by atoms with E-state index in [-0.39, 0.29) is 0 Å². The number of ether oxygens (including phenoxy) is 1. The highest BCUT2D eigenvalue weighted by Crippen LogP contribution is 2.33. The summed E-state index contributed by atoms with van der Waals surface area (Å²) in [4.78, 5) is 4.34. The predicted octanol–water partition coefficient (Wildman–Crippen LogP) is 2.69. The summed E-state index contributed by atoms with van der Waals surface area (Å²) in [5, 5.41) is 3.49. The highest BCUT2D eigenvalue weighted by Gasteiger charge is 2.28. The zero-order chi connectivity index (χ0) is 12.2. The first-order chi connectivity index (χ1) is 8.93. The molecule has 1 heterocycles. The lowest BCUT2D eigenvalue weighted by atomic mass is 9.80. The first-order valence-corrected chi connectivity index (χ1v) is 6.92. The molecule has 1 saturated carbocycles. The number of nitrogens with zero attached hydrogens (tertiary/aromatic N) is 1. The molecule has 1 aromatic rings. The van der Waals surface area contributed by atoms with E-state index in [9.17, 15) is 0 Å². The van der Waals surface area contributed by atoms with Crippen LogP contribution in [0.1, 0.15) is 37.2 Å². The smallest absolute Gasteiger partial charge is 0.285 e. The Bertz CT molecular complexity index is 416. The van der Waals surface area contributed by atoms with Crippen molar-refractivity contribution in [3.8, 4) is 0 Å². The van der Waals surface area contributed by atoms with E-state index in [1.54, 1.807) is 0 Å². The number of nitrogens with one attached hydrogen (secondary N) is 1. The quantitative estimate of drug-likeness (QED) is 0.867. The zero-order valence-corrected chi connectivity index (χ0v) is 10.6. The van der Waals surface area contributed by atoms with Crippen LogP contribution in [0.15, 0.2) is 35.3 Å². The van der Waals surface area contributed by atoms with Gasteiger partial charge in [0.1, 0.15) is 6.61 Å². The van der Waals surface area contributed by atoms with Crippen molar-refractivity contribution < 1.29 is 4.74 Å². The van der Waals surface area contributed by atoms with Crippen molar-refractivity contribution in [1.29, 1.82) is 0 Å². The molecule has 3 nitrogen and oxygen atoms in total. The lowest BCUT2D eigenvalue weighted by Gasteiger charge is -2.32. The van der Waals surface area contributed by atoms with E-state index in [0.29, 0.717) is 12.0 Å². The van der Waals surface area contributed by atoms with Crippen LogP contribution in [0.2, 0.25) is 0 Å². The molecular weight excluding hydrogens is 224 g/mol. The molecule has 2 atom stereocenters. The van der Waals surface area contributed by atoms with Crippen molar-refractivity contribution >= 4 is 6.02 Å². The highest BCUT2D eigenvalue weighted by molar-refractivity contribution is 5.75. The Balaban J connectivity index is 1.73. The van der Waals surface area contributed by atoms with Crippen molar-refractivity contribution in [3.63, 3.8) is 0 Å². The molecular formula is C15H20N2O. The molecule has 1 aliphatic carbocycles. The van der Waals surface area contributed by atoms with Gasteiger partial charge < -0.3 is 10.1 Å². The molecule has 1 aliphatic heterocycles. The van der Waals surface area contributed by atoms with Crippen LogP contribution in [0.3, 0.4) is 0 Å². The van der Waals surface area contributed by atoms with Gasteiger partial charge in [-0.3, -0.25) is 0 Å². The van der Waals surface area contributed by atoms with Crippen molar-refractivity contribution in [2.75, 3.05) is 13.2 Å². The maximum atomic E-state index is 5.48. The third-order valence-corrected chi connectivity index (χ3v) is 3.89. The molecule has 0 saturated heterocycles. The van der Waals surface area contributed by atoms with Crippen molar-refractivity contribution in [2.24, 2.45) is 4.99 Å². The zero-order valence-electron chi connectivity index (χ0n) is 10.6. The third kappa shape index (κ3) is 2.50. The Morgan fingerprint density at radius 1 is 1.11 bits per heavy atom. The molecule has 3 heteroatoms. The second-order valence-corrected chi connectivity index (χ2v) is 5.09. The van der Waals surface area contributed by atoms with Gasteiger partial charge in [-0.1, -0.05) is 43.2 Å². The van der Waals surface area contributed by atoms with Crippen molar-refractivity contribution in [3.05, 3.63) is 35.9 Å². The van der Waals surface area contributed by atoms with Gasteiger partial charge in [-0.15, -0.1) is 0 Å². The molecule has 0 unspecified atom stereocenters. The molecule has 2 aliphatic rings. The second kappa shape index (κ2) is 5.42. The minimum absolute atomic E-state index is 0.470. The normalized spacial score (nSPS) is 27.4. The number of hydrogen-bond donors (Lipinski definition) is 1. The fourth-order valence-electron chi connectivity index (χ4n) is 2.98. The van der Waals surface area contributed by atoms with E-state index >= 15 is 0 Å². The molecule has 1 aromatic carbocycles. The minimum Gasteiger partial charge on any atom is -0.463 e. The van der Waals surface area contributed by atoms with Gasteiger partial charge in [-0.2, -0.15) is 0 Å². The number of aliphatic imine (C=N–C) groups is 1. The van der Waals surface area contributed by atoms with Gasteiger partial charge in [0.05, 0.1) is 6.54 Å². The molecule has 0 amide bonds. The summed E-state index contributed by atoms with van der Waals surface area (Å²) in [6, 6.07) is 12.0. The lowest BCUT2D eigenvalue weighted by Crippen LogP contribution is -2.41. The van der Waals surface area contributed by atoms with E-state index in [4.69, 9.17) is 4.74 Å². The number of benzene rings is 1. The Morgan fingerprint density at radius 3 is 2.72 bits per heavy atom.